The van der Waals surface area contributed by atoms with Crippen molar-refractivity contribution in [3.8, 4) is 0 Å². The van der Waals surface area contributed by atoms with Crippen LogP contribution in [0.3, 0.4) is 0 Å². The number of rotatable bonds is 3. The molecule has 0 saturated heterocycles. The molecule has 0 aliphatic heterocycles. The summed E-state index contributed by atoms with van der Waals surface area (Å²) in [6.45, 7) is 0. The molecule has 1 heterocycles. The smallest absolute Gasteiger partial charge is 0.272 e. The molecule has 2 aromatic carbocycles. The number of aromatic nitrogens is 1. The minimum absolute atomic E-state index is 0.207. The highest BCUT2D eigenvalue weighted by Gasteiger charge is 2.11. The fraction of sp³-hybridized carbons (Fsp3) is 0.0588. The Morgan fingerprint density at radius 1 is 1.04 bits per heavy atom. The highest BCUT2D eigenvalue weighted by atomic mass is 35.5. The first-order valence-corrected chi connectivity index (χ1v) is 7.36. The molecule has 3 rings (SSSR count). The predicted molar refractivity (Wildman–Crippen MR) is 91.1 cm³/mol. The molecule has 5 nitrogen and oxygen atoms in total. The summed E-state index contributed by atoms with van der Waals surface area (Å²) in [5.74, 6) is -0.493. The van der Waals surface area contributed by atoms with Crippen molar-refractivity contribution in [2.24, 2.45) is 0 Å². The molecule has 2 amide bonds. The van der Waals surface area contributed by atoms with Crippen LogP contribution in [0.1, 0.15) is 20.8 Å². The van der Waals surface area contributed by atoms with E-state index in [4.69, 9.17) is 11.6 Å². The van der Waals surface area contributed by atoms with Gasteiger partial charge in [-0.3, -0.25) is 9.59 Å². The Bertz CT molecular complexity index is 902. The quantitative estimate of drug-likeness (QED) is 0.689. The van der Waals surface area contributed by atoms with Gasteiger partial charge in [0.25, 0.3) is 11.8 Å². The average molecular weight is 328 g/mol. The fourth-order valence-corrected chi connectivity index (χ4v) is 2.49. The molecule has 23 heavy (non-hydrogen) atoms. The molecule has 3 N–H and O–H groups in total. The lowest BCUT2D eigenvalue weighted by Crippen LogP contribution is -2.18. The minimum Gasteiger partial charge on any atom is -0.355 e. The number of fused-ring (bicyclic) bond motifs is 1. The maximum Gasteiger partial charge on any atom is 0.272 e. The highest BCUT2D eigenvalue weighted by Crippen LogP contribution is 2.21. The van der Waals surface area contributed by atoms with Crippen molar-refractivity contribution in [1.82, 2.24) is 10.3 Å². The Hall–Kier alpha value is -2.79. The molecular formula is C17H14ClN3O2. The van der Waals surface area contributed by atoms with Gasteiger partial charge in [-0.05, 0) is 42.5 Å². The zero-order valence-electron chi connectivity index (χ0n) is 12.3. The van der Waals surface area contributed by atoms with Crippen LogP contribution in [0.4, 0.5) is 5.69 Å². The van der Waals surface area contributed by atoms with Gasteiger partial charge in [-0.1, -0.05) is 17.7 Å². The van der Waals surface area contributed by atoms with Gasteiger partial charge in [-0.25, -0.2) is 0 Å². The van der Waals surface area contributed by atoms with E-state index in [0.717, 1.165) is 10.9 Å². The topological polar surface area (TPSA) is 74.0 Å². The second kappa shape index (κ2) is 6.14. The van der Waals surface area contributed by atoms with Gasteiger partial charge < -0.3 is 15.6 Å². The predicted octanol–water partition coefficient (Wildman–Crippen LogP) is 3.43. The Kier molecular flexibility index (Phi) is 4.04. The van der Waals surface area contributed by atoms with E-state index in [0.29, 0.717) is 22.0 Å². The monoisotopic (exact) mass is 327 g/mol. The number of hydrogen-bond donors (Lipinski definition) is 3. The van der Waals surface area contributed by atoms with Crippen LogP contribution >= 0.6 is 11.6 Å². The van der Waals surface area contributed by atoms with Gasteiger partial charge in [0.2, 0.25) is 0 Å². The van der Waals surface area contributed by atoms with Crippen LogP contribution in [0, 0.1) is 0 Å². The second-order valence-corrected chi connectivity index (χ2v) is 5.47. The first-order valence-electron chi connectivity index (χ1n) is 6.98. The van der Waals surface area contributed by atoms with Crippen molar-refractivity contribution >= 4 is 40.0 Å². The minimum atomic E-state index is -0.286. The first kappa shape index (κ1) is 15.1. The van der Waals surface area contributed by atoms with Crippen LogP contribution in [0.15, 0.2) is 48.5 Å². The molecule has 116 valence electrons. The third kappa shape index (κ3) is 3.19. The maximum atomic E-state index is 12.3. The zero-order chi connectivity index (χ0) is 16.4. The first-order chi connectivity index (χ1) is 11.1. The molecule has 1 aromatic heterocycles. The van der Waals surface area contributed by atoms with Crippen molar-refractivity contribution in [2.75, 3.05) is 12.4 Å². The van der Waals surface area contributed by atoms with Crippen molar-refractivity contribution < 1.29 is 9.59 Å². The number of benzene rings is 2. The number of carbonyl (C=O) groups excluding carboxylic acids is 2. The molecule has 0 saturated carbocycles. The second-order valence-electron chi connectivity index (χ2n) is 5.03. The van der Waals surface area contributed by atoms with Crippen LogP contribution in [0.25, 0.3) is 10.9 Å². The van der Waals surface area contributed by atoms with E-state index >= 15 is 0 Å². The third-order valence-corrected chi connectivity index (χ3v) is 3.67. The molecule has 0 fully saturated rings. The van der Waals surface area contributed by atoms with Crippen LogP contribution in [-0.2, 0) is 0 Å². The van der Waals surface area contributed by atoms with E-state index in [2.05, 4.69) is 15.6 Å². The van der Waals surface area contributed by atoms with Crippen molar-refractivity contribution in [2.45, 2.75) is 0 Å². The largest absolute Gasteiger partial charge is 0.355 e. The number of H-pyrrole nitrogens is 1. The summed E-state index contributed by atoms with van der Waals surface area (Å²) in [7, 11) is 1.56. The van der Waals surface area contributed by atoms with E-state index in [1.807, 2.05) is 6.07 Å². The number of anilines is 1. The lowest BCUT2D eigenvalue weighted by molar-refractivity contribution is 0.0961. The summed E-state index contributed by atoms with van der Waals surface area (Å²) in [4.78, 5) is 27.0. The van der Waals surface area contributed by atoms with E-state index in [9.17, 15) is 9.59 Å². The summed E-state index contributed by atoms with van der Waals surface area (Å²) >= 11 is 5.95. The molecule has 3 aromatic rings. The van der Waals surface area contributed by atoms with E-state index < -0.39 is 0 Å². The Balaban J connectivity index is 1.84. The lowest BCUT2D eigenvalue weighted by atomic mass is 10.2. The number of carbonyl (C=O) groups is 2. The summed E-state index contributed by atoms with van der Waals surface area (Å²) in [5, 5.41) is 6.79. The summed E-state index contributed by atoms with van der Waals surface area (Å²) in [6.07, 6.45) is 0. The van der Waals surface area contributed by atoms with Gasteiger partial charge >= 0.3 is 0 Å². The summed E-state index contributed by atoms with van der Waals surface area (Å²) < 4.78 is 0. The molecule has 0 radical (unpaired) electrons. The van der Waals surface area contributed by atoms with Crippen LogP contribution < -0.4 is 10.6 Å². The highest BCUT2D eigenvalue weighted by molar-refractivity contribution is 6.31. The molecule has 0 aliphatic rings. The van der Waals surface area contributed by atoms with Crippen molar-refractivity contribution in [1.29, 1.82) is 0 Å². The van der Waals surface area contributed by atoms with Gasteiger partial charge in [0, 0.05) is 34.2 Å². The normalized spacial score (nSPS) is 10.5. The van der Waals surface area contributed by atoms with Gasteiger partial charge in [0.05, 0.1) is 0 Å². The van der Waals surface area contributed by atoms with Crippen molar-refractivity contribution in [3.63, 3.8) is 0 Å². The van der Waals surface area contributed by atoms with E-state index in [1.165, 1.54) is 0 Å². The number of nitrogens with one attached hydrogen (secondary N) is 3. The summed E-state index contributed by atoms with van der Waals surface area (Å²) in [5.41, 5.74) is 2.28. The summed E-state index contributed by atoms with van der Waals surface area (Å²) in [6, 6.07) is 13.8. The Morgan fingerprint density at radius 2 is 1.87 bits per heavy atom. The van der Waals surface area contributed by atoms with Crippen LogP contribution in [0.5, 0.6) is 0 Å². The van der Waals surface area contributed by atoms with E-state index in [1.54, 1.807) is 49.5 Å². The van der Waals surface area contributed by atoms with Crippen molar-refractivity contribution in [3.05, 3.63) is 64.8 Å². The number of amides is 2. The molecule has 0 spiro atoms. The Labute approximate surface area is 137 Å². The maximum absolute atomic E-state index is 12.3. The Morgan fingerprint density at radius 3 is 2.65 bits per heavy atom. The van der Waals surface area contributed by atoms with Gasteiger partial charge in [-0.15, -0.1) is 0 Å². The van der Waals surface area contributed by atoms with Gasteiger partial charge in [-0.2, -0.15) is 0 Å². The number of hydrogen-bond acceptors (Lipinski definition) is 2. The molecule has 0 bridgehead atoms. The number of halogens is 1. The fourth-order valence-electron chi connectivity index (χ4n) is 2.31. The zero-order valence-corrected chi connectivity index (χ0v) is 13.1. The van der Waals surface area contributed by atoms with Gasteiger partial charge in [0.1, 0.15) is 5.69 Å². The molecular weight excluding hydrogens is 314 g/mol. The lowest BCUT2D eigenvalue weighted by Gasteiger charge is -2.06. The standard InChI is InChI=1S/C17H14ClN3O2/c1-19-16(22)10-3-2-4-13(8-10)20-17(23)15-9-11-7-12(18)5-6-14(11)21-15/h2-9,21H,1H3,(H,19,22)(H,20,23). The van der Waals surface area contributed by atoms with Crippen LogP contribution in [-0.4, -0.2) is 23.8 Å². The van der Waals surface area contributed by atoms with E-state index in [-0.39, 0.29) is 11.8 Å². The molecule has 0 atom stereocenters. The molecule has 0 unspecified atom stereocenters. The van der Waals surface area contributed by atoms with Crippen LogP contribution in [0.2, 0.25) is 5.02 Å². The molecule has 0 aliphatic carbocycles. The average Bonchev–Trinajstić information content (AvgIpc) is 2.97. The molecule has 6 heteroatoms. The van der Waals surface area contributed by atoms with Gasteiger partial charge in [0.15, 0.2) is 0 Å². The number of aromatic amines is 1. The SMILES string of the molecule is CNC(=O)c1cccc(NC(=O)c2cc3cc(Cl)ccc3[nH]2)c1. The third-order valence-electron chi connectivity index (χ3n) is 3.44.